The Hall–Kier alpha value is -1.24. The van der Waals surface area contributed by atoms with Crippen molar-refractivity contribution in [3.8, 4) is 0 Å². The Kier molecular flexibility index (Phi) is 2.47. The fraction of sp³-hybridized carbons (Fsp3) is 0.467. The zero-order chi connectivity index (χ0) is 11.0. The van der Waals surface area contributed by atoms with E-state index in [-0.39, 0.29) is 0 Å². The predicted molar refractivity (Wildman–Crippen MR) is 66.8 cm³/mol. The summed E-state index contributed by atoms with van der Waals surface area (Å²) in [5.41, 5.74) is 3.77. The highest BCUT2D eigenvalue weighted by molar-refractivity contribution is 5.81. The van der Waals surface area contributed by atoms with Crippen LogP contribution in [-0.4, -0.2) is 0 Å². The lowest BCUT2D eigenvalue weighted by atomic mass is 9.84. The van der Waals surface area contributed by atoms with Crippen LogP contribution in [0.15, 0.2) is 28.9 Å². The van der Waals surface area contributed by atoms with E-state index in [1.807, 2.05) is 6.26 Å². The summed E-state index contributed by atoms with van der Waals surface area (Å²) < 4.78 is 5.58. The van der Waals surface area contributed by atoms with E-state index in [0.29, 0.717) is 0 Å². The van der Waals surface area contributed by atoms with E-state index in [4.69, 9.17) is 4.42 Å². The second-order valence-corrected chi connectivity index (χ2v) is 5.01. The van der Waals surface area contributed by atoms with Gasteiger partial charge in [0.05, 0.1) is 6.26 Å². The molecular formula is C15H18O. The van der Waals surface area contributed by atoms with Crippen LogP contribution in [0.4, 0.5) is 0 Å². The summed E-state index contributed by atoms with van der Waals surface area (Å²) in [5, 5.41) is 1.26. The molecule has 1 heterocycles. The zero-order valence-electron chi connectivity index (χ0n) is 9.83. The maximum Gasteiger partial charge on any atom is 0.134 e. The molecule has 2 aromatic rings. The lowest BCUT2D eigenvalue weighted by Gasteiger charge is -2.21. The minimum absolute atomic E-state index is 0.767. The summed E-state index contributed by atoms with van der Waals surface area (Å²) in [6.45, 7) is 2.10. The van der Waals surface area contributed by atoms with Gasteiger partial charge in [-0.25, -0.2) is 0 Å². The number of aryl methyl sites for hydroxylation is 1. The molecule has 1 aliphatic carbocycles. The van der Waals surface area contributed by atoms with Crippen LogP contribution in [0.3, 0.4) is 0 Å². The van der Waals surface area contributed by atoms with Gasteiger partial charge in [0.25, 0.3) is 0 Å². The molecule has 1 aliphatic rings. The summed E-state index contributed by atoms with van der Waals surface area (Å²) >= 11 is 0. The highest BCUT2D eigenvalue weighted by atomic mass is 16.3. The number of hydrogen-bond donors (Lipinski definition) is 0. The second kappa shape index (κ2) is 3.97. The Morgan fingerprint density at radius 1 is 1.12 bits per heavy atom. The van der Waals surface area contributed by atoms with Crippen molar-refractivity contribution in [1.29, 1.82) is 0 Å². The van der Waals surface area contributed by atoms with E-state index in [9.17, 15) is 0 Å². The average Bonchev–Trinajstić information content (AvgIpc) is 2.72. The van der Waals surface area contributed by atoms with Crippen molar-refractivity contribution in [2.75, 3.05) is 0 Å². The summed E-state index contributed by atoms with van der Waals surface area (Å²) in [7, 11) is 0. The molecule has 1 saturated carbocycles. The van der Waals surface area contributed by atoms with Crippen LogP contribution in [-0.2, 0) is 0 Å². The molecule has 0 amide bonds. The first kappa shape index (κ1) is 9.95. The molecule has 1 aromatic carbocycles. The average molecular weight is 214 g/mol. The molecule has 0 saturated heterocycles. The van der Waals surface area contributed by atoms with Crippen LogP contribution >= 0.6 is 0 Å². The van der Waals surface area contributed by atoms with Gasteiger partial charge in [0.2, 0.25) is 0 Å². The standard InChI is InChI=1S/C15H18O/c1-11-10-16-15-9-13(7-8-14(11)15)12-5-3-2-4-6-12/h7-10,12H,2-6H2,1H3. The Labute approximate surface area is 96.5 Å². The summed E-state index contributed by atoms with van der Waals surface area (Å²) in [4.78, 5) is 0. The molecular weight excluding hydrogens is 196 g/mol. The molecule has 0 N–H and O–H groups in total. The van der Waals surface area contributed by atoms with Crippen LogP contribution in [0, 0.1) is 6.92 Å². The van der Waals surface area contributed by atoms with Gasteiger partial charge in [-0.05, 0) is 42.9 Å². The SMILES string of the molecule is Cc1coc2cc(C3CCCCC3)ccc12. The lowest BCUT2D eigenvalue weighted by molar-refractivity contribution is 0.443. The van der Waals surface area contributed by atoms with Gasteiger partial charge in [0.15, 0.2) is 0 Å². The number of fused-ring (bicyclic) bond motifs is 1. The van der Waals surface area contributed by atoms with E-state index in [2.05, 4.69) is 25.1 Å². The zero-order valence-corrected chi connectivity index (χ0v) is 9.83. The van der Waals surface area contributed by atoms with Crippen molar-refractivity contribution < 1.29 is 4.42 Å². The highest BCUT2D eigenvalue weighted by Gasteiger charge is 2.16. The quantitative estimate of drug-likeness (QED) is 0.665. The van der Waals surface area contributed by atoms with Crippen LogP contribution in [0.25, 0.3) is 11.0 Å². The molecule has 3 rings (SSSR count). The van der Waals surface area contributed by atoms with Crippen molar-refractivity contribution in [1.82, 2.24) is 0 Å². The molecule has 1 aromatic heterocycles. The van der Waals surface area contributed by atoms with Crippen LogP contribution in [0.2, 0.25) is 0 Å². The molecule has 0 unspecified atom stereocenters. The maximum absolute atomic E-state index is 5.58. The molecule has 84 valence electrons. The van der Waals surface area contributed by atoms with Crippen molar-refractivity contribution in [2.24, 2.45) is 0 Å². The monoisotopic (exact) mass is 214 g/mol. The largest absolute Gasteiger partial charge is 0.464 e. The Bertz CT molecular complexity index is 489. The Balaban J connectivity index is 1.97. The van der Waals surface area contributed by atoms with Crippen molar-refractivity contribution in [2.45, 2.75) is 44.9 Å². The number of rotatable bonds is 1. The van der Waals surface area contributed by atoms with Crippen LogP contribution in [0.5, 0.6) is 0 Å². The predicted octanol–water partition coefficient (Wildman–Crippen LogP) is 4.79. The molecule has 0 bridgehead atoms. The first-order valence-electron chi connectivity index (χ1n) is 6.32. The number of benzene rings is 1. The van der Waals surface area contributed by atoms with Gasteiger partial charge in [-0.2, -0.15) is 0 Å². The summed E-state index contributed by atoms with van der Waals surface area (Å²) in [6.07, 6.45) is 8.75. The van der Waals surface area contributed by atoms with Gasteiger partial charge in [-0.15, -0.1) is 0 Å². The molecule has 0 aliphatic heterocycles. The highest BCUT2D eigenvalue weighted by Crippen LogP contribution is 2.34. The Morgan fingerprint density at radius 2 is 1.94 bits per heavy atom. The molecule has 1 nitrogen and oxygen atoms in total. The van der Waals surface area contributed by atoms with Gasteiger partial charge in [-0.3, -0.25) is 0 Å². The van der Waals surface area contributed by atoms with Crippen molar-refractivity contribution >= 4 is 11.0 Å². The Morgan fingerprint density at radius 3 is 2.75 bits per heavy atom. The van der Waals surface area contributed by atoms with E-state index < -0.39 is 0 Å². The fourth-order valence-electron chi connectivity index (χ4n) is 2.87. The molecule has 0 spiro atoms. The van der Waals surface area contributed by atoms with E-state index in [0.717, 1.165) is 11.5 Å². The molecule has 16 heavy (non-hydrogen) atoms. The van der Waals surface area contributed by atoms with Crippen LogP contribution in [0.1, 0.15) is 49.1 Å². The lowest BCUT2D eigenvalue weighted by Crippen LogP contribution is -2.03. The first-order chi connectivity index (χ1) is 7.84. The van der Waals surface area contributed by atoms with Gasteiger partial charge < -0.3 is 4.42 Å². The van der Waals surface area contributed by atoms with Gasteiger partial charge in [0, 0.05) is 5.39 Å². The number of hydrogen-bond acceptors (Lipinski definition) is 1. The van der Waals surface area contributed by atoms with Gasteiger partial charge in [-0.1, -0.05) is 31.4 Å². The summed E-state index contributed by atoms with van der Waals surface area (Å²) in [5.74, 6) is 0.767. The minimum Gasteiger partial charge on any atom is -0.464 e. The first-order valence-corrected chi connectivity index (χ1v) is 6.32. The van der Waals surface area contributed by atoms with Crippen molar-refractivity contribution in [3.05, 3.63) is 35.6 Å². The van der Waals surface area contributed by atoms with E-state index >= 15 is 0 Å². The van der Waals surface area contributed by atoms with E-state index in [1.165, 1.54) is 48.6 Å². The molecule has 0 radical (unpaired) electrons. The second-order valence-electron chi connectivity index (χ2n) is 5.01. The third-order valence-corrected chi connectivity index (χ3v) is 3.87. The fourth-order valence-corrected chi connectivity index (χ4v) is 2.87. The molecule has 1 heteroatoms. The van der Waals surface area contributed by atoms with Crippen LogP contribution < -0.4 is 0 Å². The normalized spacial score (nSPS) is 18.1. The molecule has 1 fully saturated rings. The molecule has 0 atom stereocenters. The maximum atomic E-state index is 5.58. The topological polar surface area (TPSA) is 13.1 Å². The summed E-state index contributed by atoms with van der Waals surface area (Å²) in [6, 6.07) is 6.76. The third-order valence-electron chi connectivity index (χ3n) is 3.87. The van der Waals surface area contributed by atoms with Gasteiger partial charge >= 0.3 is 0 Å². The smallest absolute Gasteiger partial charge is 0.134 e. The van der Waals surface area contributed by atoms with E-state index in [1.54, 1.807) is 0 Å². The van der Waals surface area contributed by atoms with Crippen molar-refractivity contribution in [3.63, 3.8) is 0 Å². The minimum atomic E-state index is 0.767. The van der Waals surface area contributed by atoms with Gasteiger partial charge in [0.1, 0.15) is 5.58 Å². The number of furan rings is 1. The third kappa shape index (κ3) is 1.64.